The van der Waals surface area contributed by atoms with Crippen molar-refractivity contribution in [2.24, 2.45) is 7.05 Å². The number of methoxy groups -OCH3 is 1. The molecule has 5 nitrogen and oxygen atoms in total. The molecule has 0 bridgehead atoms. The molecule has 0 atom stereocenters. The summed E-state index contributed by atoms with van der Waals surface area (Å²) in [6.07, 6.45) is 5.66. The van der Waals surface area contributed by atoms with Crippen molar-refractivity contribution >= 4 is 21.9 Å². The van der Waals surface area contributed by atoms with E-state index in [9.17, 15) is 0 Å². The third-order valence-corrected chi connectivity index (χ3v) is 3.79. The number of ether oxygens (including phenoxy) is 1. The van der Waals surface area contributed by atoms with Gasteiger partial charge in [0.1, 0.15) is 0 Å². The molecule has 0 unspecified atom stereocenters. The molecule has 4 heterocycles. The van der Waals surface area contributed by atoms with E-state index in [1.54, 1.807) is 13.3 Å². The van der Waals surface area contributed by atoms with Crippen LogP contribution in [0.5, 0.6) is 5.88 Å². The number of aryl methyl sites for hydroxylation is 1. The smallest absolute Gasteiger partial charge is 0.213 e. The van der Waals surface area contributed by atoms with Crippen molar-refractivity contribution in [2.75, 3.05) is 7.11 Å². The maximum atomic E-state index is 5.24. The average molecular weight is 290 g/mol. The van der Waals surface area contributed by atoms with Gasteiger partial charge in [-0.1, -0.05) is 0 Å². The first-order valence-corrected chi connectivity index (χ1v) is 6.97. The van der Waals surface area contributed by atoms with Crippen LogP contribution in [0.4, 0.5) is 0 Å². The first-order valence-electron chi connectivity index (χ1n) is 6.97. The summed E-state index contributed by atoms with van der Waals surface area (Å²) in [5.74, 6) is 0.599. The fourth-order valence-corrected chi connectivity index (χ4v) is 2.68. The van der Waals surface area contributed by atoms with E-state index in [2.05, 4.69) is 16.2 Å². The van der Waals surface area contributed by atoms with Gasteiger partial charge in [0.25, 0.3) is 0 Å². The zero-order valence-electron chi connectivity index (χ0n) is 12.3. The van der Waals surface area contributed by atoms with Gasteiger partial charge in [-0.05, 0) is 24.3 Å². The number of hydrogen-bond donors (Lipinski definition) is 0. The minimum Gasteiger partial charge on any atom is -0.481 e. The standard InChI is InChI=1S/C17H14N4O/c1-21-10-12(11-8-17(22-2)19-9-16(11)21)13-5-6-14-15(20-13)4-3-7-18-14/h3-10H,1-2H3. The minimum atomic E-state index is 0.599. The fourth-order valence-electron chi connectivity index (χ4n) is 2.68. The maximum Gasteiger partial charge on any atom is 0.213 e. The monoisotopic (exact) mass is 290 g/mol. The predicted octanol–water partition coefficient (Wildman–Crippen LogP) is 3.19. The normalized spacial score (nSPS) is 11.2. The molecule has 0 radical (unpaired) electrons. The molecule has 0 amide bonds. The molecule has 5 heteroatoms. The molecule has 0 aliphatic heterocycles. The molecule has 0 N–H and O–H groups in total. The van der Waals surface area contributed by atoms with E-state index in [0.29, 0.717) is 5.88 Å². The number of fused-ring (bicyclic) bond motifs is 2. The highest BCUT2D eigenvalue weighted by Gasteiger charge is 2.12. The summed E-state index contributed by atoms with van der Waals surface area (Å²) in [5.41, 5.74) is 4.80. The van der Waals surface area contributed by atoms with E-state index < -0.39 is 0 Å². The lowest BCUT2D eigenvalue weighted by atomic mass is 10.1. The first-order chi connectivity index (χ1) is 10.8. The van der Waals surface area contributed by atoms with Crippen LogP contribution < -0.4 is 4.74 Å². The molecule has 0 saturated carbocycles. The van der Waals surface area contributed by atoms with Gasteiger partial charge in [0, 0.05) is 36.5 Å². The largest absolute Gasteiger partial charge is 0.481 e. The Kier molecular flexibility index (Phi) is 2.79. The second kappa shape index (κ2) is 4.80. The molecule has 0 spiro atoms. The molecular weight excluding hydrogens is 276 g/mol. The molecule has 4 aromatic heterocycles. The quantitative estimate of drug-likeness (QED) is 0.569. The minimum absolute atomic E-state index is 0.599. The zero-order chi connectivity index (χ0) is 15.1. The Hall–Kier alpha value is -2.95. The van der Waals surface area contributed by atoms with Crippen molar-refractivity contribution in [3.8, 4) is 17.1 Å². The van der Waals surface area contributed by atoms with Gasteiger partial charge in [-0.25, -0.2) is 9.97 Å². The van der Waals surface area contributed by atoms with Crippen molar-refractivity contribution < 1.29 is 4.74 Å². The molecule has 22 heavy (non-hydrogen) atoms. The second-order valence-corrected chi connectivity index (χ2v) is 5.14. The Morgan fingerprint density at radius 3 is 2.86 bits per heavy atom. The summed E-state index contributed by atoms with van der Waals surface area (Å²) >= 11 is 0. The van der Waals surface area contributed by atoms with Crippen molar-refractivity contribution in [2.45, 2.75) is 0 Å². The molecule has 0 aliphatic rings. The van der Waals surface area contributed by atoms with Gasteiger partial charge in [0.05, 0.1) is 35.6 Å². The van der Waals surface area contributed by atoms with E-state index in [4.69, 9.17) is 9.72 Å². The molecule has 4 rings (SSSR count). The summed E-state index contributed by atoms with van der Waals surface area (Å²) in [6, 6.07) is 9.81. The topological polar surface area (TPSA) is 52.8 Å². The van der Waals surface area contributed by atoms with E-state index in [-0.39, 0.29) is 0 Å². The highest BCUT2D eigenvalue weighted by Crippen LogP contribution is 2.31. The van der Waals surface area contributed by atoms with Gasteiger partial charge < -0.3 is 9.30 Å². The summed E-state index contributed by atoms with van der Waals surface area (Å²) in [7, 11) is 3.62. The molecular formula is C17H14N4O. The second-order valence-electron chi connectivity index (χ2n) is 5.14. The first kappa shape index (κ1) is 12.8. The lowest BCUT2D eigenvalue weighted by Crippen LogP contribution is -1.89. The van der Waals surface area contributed by atoms with Crippen LogP contribution in [0.2, 0.25) is 0 Å². The van der Waals surface area contributed by atoms with Crippen molar-refractivity contribution in [1.82, 2.24) is 19.5 Å². The van der Waals surface area contributed by atoms with Gasteiger partial charge in [0.15, 0.2) is 0 Å². The van der Waals surface area contributed by atoms with Crippen molar-refractivity contribution in [3.63, 3.8) is 0 Å². The molecule has 4 aromatic rings. The zero-order valence-corrected chi connectivity index (χ0v) is 12.3. The third kappa shape index (κ3) is 1.90. The predicted molar refractivity (Wildman–Crippen MR) is 85.8 cm³/mol. The number of hydrogen-bond acceptors (Lipinski definition) is 4. The molecule has 0 aliphatic carbocycles. The Labute approximate surface area is 127 Å². The highest BCUT2D eigenvalue weighted by atomic mass is 16.5. The Bertz CT molecular complexity index is 990. The van der Waals surface area contributed by atoms with Crippen molar-refractivity contribution in [3.05, 3.63) is 48.9 Å². The van der Waals surface area contributed by atoms with Gasteiger partial charge in [-0.2, -0.15) is 0 Å². The Balaban J connectivity index is 1.98. The third-order valence-electron chi connectivity index (χ3n) is 3.79. The van der Waals surface area contributed by atoms with Crippen LogP contribution in [0.1, 0.15) is 0 Å². The van der Waals surface area contributed by atoms with Crippen LogP contribution in [0.25, 0.3) is 33.2 Å². The fraction of sp³-hybridized carbons (Fsp3) is 0.118. The van der Waals surface area contributed by atoms with Crippen LogP contribution in [-0.2, 0) is 7.05 Å². The SMILES string of the molecule is COc1cc2c(-c3ccc4ncccc4n3)cn(C)c2cn1. The van der Waals surface area contributed by atoms with Crippen molar-refractivity contribution in [1.29, 1.82) is 0 Å². The summed E-state index contributed by atoms with van der Waals surface area (Å²) in [4.78, 5) is 13.3. The molecule has 108 valence electrons. The van der Waals surface area contributed by atoms with Gasteiger partial charge in [-0.15, -0.1) is 0 Å². The average Bonchev–Trinajstić information content (AvgIpc) is 2.90. The number of nitrogens with zero attached hydrogens (tertiary/aromatic N) is 4. The lowest BCUT2D eigenvalue weighted by Gasteiger charge is -2.02. The summed E-state index contributed by atoms with van der Waals surface area (Å²) < 4.78 is 7.29. The number of pyridine rings is 3. The van der Waals surface area contributed by atoms with Crippen LogP contribution in [-0.4, -0.2) is 26.6 Å². The molecule has 0 aromatic carbocycles. The molecule has 0 saturated heterocycles. The van der Waals surface area contributed by atoms with Gasteiger partial charge >= 0.3 is 0 Å². The number of aromatic nitrogens is 4. The van der Waals surface area contributed by atoms with E-state index >= 15 is 0 Å². The Morgan fingerprint density at radius 2 is 2.00 bits per heavy atom. The molecule has 0 fully saturated rings. The summed E-state index contributed by atoms with van der Waals surface area (Å²) in [5, 5.41) is 1.07. The van der Waals surface area contributed by atoms with E-state index in [0.717, 1.165) is 33.2 Å². The number of rotatable bonds is 2. The van der Waals surface area contributed by atoms with Crippen LogP contribution in [0.3, 0.4) is 0 Å². The van der Waals surface area contributed by atoms with Crippen LogP contribution >= 0.6 is 0 Å². The van der Waals surface area contributed by atoms with E-state index in [1.807, 2.05) is 48.1 Å². The van der Waals surface area contributed by atoms with Gasteiger partial charge in [0.2, 0.25) is 5.88 Å². The highest BCUT2D eigenvalue weighted by molar-refractivity contribution is 5.96. The lowest BCUT2D eigenvalue weighted by molar-refractivity contribution is 0.398. The van der Waals surface area contributed by atoms with Gasteiger partial charge in [-0.3, -0.25) is 4.98 Å². The Morgan fingerprint density at radius 1 is 1.09 bits per heavy atom. The van der Waals surface area contributed by atoms with Crippen LogP contribution in [0, 0.1) is 0 Å². The summed E-state index contributed by atoms with van der Waals surface area (Å²) in [6.45, 7) is 0. The van der Waals surface area contributed by atoms with E-state index in [1.165, 1.54) is 0 Å². The van der Waals surface area contributed by atoms with Crippen LogP contribution in [0.15, 0.2) is 48.9 Å². The maximum absolute atomic E-state index is 5.24.